The van der Waals surface area contributed by atoms with Crippen molar-refractivity contribution in [2.45, 2.75) is 72.6 Å². The molecule has 8 nitrogen and oxygen atoms in total. The van der Waals surface area contributed by atoms with E-state index in [9.17, 15) is 17.8 Å². The molecule has 3 fully saturated rings. The van der Waals surface area contributed by atoms with Gasteiger partial charge in [0.1, 0.15) is 11.9 Å². The number of halogens is 2. The summed E-state index contributed by atoms with van der Waals surface area (Å²) in [5.41, 5.74) is 2.92. The van der Waals surface area contributed by atoms with Crippen LogP contribution < -0.4 is 16.0 Å². The number of aryl methyl sites for hydroxylation is 1. The zero-order valence-corrected chi connectivity index (χ0v) is 21.7. The quantitative estimate of drug-likeness (QED) is 0.448. The number of amides is 1. The normalized spacial score (nSPS) is 31.1. The maximum atomic E-state index is 15.0. The van der Waals surface area contributed by atoms with E-state index in [1.165, 1.54) is 6.07 Å². The molecule has 1 unspecified atom stereocenters. The van der Waals surface area contributed by atoms with E-state index in [0.717, 1.165) is 24.4 Å². The smallest absolute Gasteiger partial charge is 0.321 e. The first kappa shape index (κ1) is 24.3. The molecule has 2 saturated heterocycles. The molecule has 3 N–H and O–H groups in total. The van der Waals surface area contributed by atoms with Crippen molar-refractivity contribution in [1.82, 2.24) is 15.1 Å². The topological polar surface area (TPSA) is 102 Å². The molecule has 4 aliphatic rings. The highest BCUT2D eigenvalue weighted by atomic mass is 32.5. The van der Waals surface area contributed by atoms with Crippen molar-refractivity contribution in [1.29, 1.82) is 0 Å². The van der Waals surface area contributed by atoms with Crippen molar-refractivity contribution in [3.05, 3.63) is 41.6 Å². The monoisotopic (exact) mass is 537 g/mol. The molecule has 1 aromatic carbocycles. The number of ether oxygens (including phenoxy) is 1. The van der Waals surface area contributed by atoms with E-state index < -0.39 is 39.1 Å². The van der Waals surface area contributed by atoms with Gasteiger partial charge in [0.2, 0.25) is 5.91 Å². The van der Waals surface area contributed by atoms with E-state index in [2.05, 4.69) is 5.32 Å². The van der Waals surface area contributed by atoms with Crippen LogP contribution in [0.25, 0.3) is 0 Å². The Labute approximate surface area is 210 Å². The third-order valence-corrected chi connectivity index (χ3v) is 13.6. The van der Waals surface area contributed by atoms with Crippen molar-refractivity contribution in [3.63, 3.8) is 0 Å². The van der Waals surface area contributed by atoms with E-state index >= 15 is 0 Å². The van der Waals surface area contributed by atoms with Gasteiger partial charge in [0.15, 0.2) is 0 Å². The van der Waals surface area contributed by atoms with Gasteiger partial charge in [-0.15, -0.1) is 0 Å². The fraction of sp³-hybridized carbons (Fsp3) is 0.583. The van der Waals surface area contributed by atoms with Gasteiger partial charge in [0.05, 0.1) is 22.6 Å². The van der Waals surface area contributed by atoms with Gasteiger partial charge in [-0.3, -0.25) is 9.00 Å². The molecule has 0 spiro atoms. The van der Waals surface area contributed by atoms with Crippen molar-refractivity contribution in [2.75, 3.05) is 24.7 Å². The Bertz CT molecular complexity index is 1330. The van der Waals surface area contributed by atoms with E-state index in [4.69, 9.17) is 15.6 Å². The molecule has 3 atom stereocenters. The fourth-order valence-corrected chi connectivity index (χ4v) is 11.4. The van der Waals surface area contributed by atoms with Crippen molar-refractivity contribution < 1.29 is 22.5 Å². The predicted octanol–water partition coefficient (Wildman–Crippen LogP) is 3.32. The summed E-state index contributed by atoms with van der Waals surface area (Å²) in [5, 5.41) is 7.05. The Morgan fingerprint density at radius 2 is 2.00 bits per heavy atom. The molecule has 1 aromatic heterocycles. The van der Waals surface area contributed by atoms with Crippen LogP contribution in [-0.4, -0.2) is 56.6 Å². The Morgan fingerprint density at radius 3 is 2.72 bits per heavy atom. The molecule has 36 heavy (non-hydrogen) atoms. The van der Waals surface area contributed by atoms with Crippen LogP contribution in [0.2, 0.25) is 0 Å². The number of aromatic nitrogens is 2. The van der Waals surface area contributed by atoms with Crippen LogP contribution in [0.5, 0.6) is 0 Å². The van der Waals surface area contributed by atoms with Gasteiger partial charge in [-0.25, -0.2) is 4.68 Å². The lowest BCUT2D eigenvalue weighted by Crippen LogP contribution is -2.52. The van der Waals surface area contributed by atoms with Gasteiger partial charge >= 0.3 is 5.66 Å². The number of carbonyl (C=O) groups is 1. The van der Waals surface area contributed by atoms with Crippen LogP contribution in [0.1, 0.15) is 49.4 Å². The summed E-state index contributed by atoms with van der Waals surface area (Å²) >= 11 is 0. The SMILES string of the molecule is Cc1cc(N2C[C@H](S3(=O)=PC(F)(F)c4ccccc43)C[C@H]2C(=O)NC2(N)CC2)n(C2CCOCC2)n1. The lowest BCUT2D eigenvalue weighted by Gasteiger charge is -2.31. The third-order valence-electron chi connectivity index (χ3n) is 7.62. The number of hydrogen-bond donors (Lipinski definition) is 2. The van der Waals surface area contributed by atoms with Gasteiger partial charge < -0.3 is 20.7 Å². The first-order chi connectivity index (χ1) is 17.1. The minimum atomic E-state index is -3.19. The standard InChI is InChI=1S/C24H30F2N5O3PS/c1-15-12-21(31(29-15)16-6-10-34-11-7-16)30-14-17(13-19(30)22(32)28-23(27)8-9-23)36(33)20-5-3-2-4-18(20)24(25,26)35-36/h2-5,12,16-17,19H,6-11,13-14,27H2,1H3,(H,28,32)/t17-,19+,36?/m1/s1. The summed E-state index contributed by atoms with van der Waals surface area (Å²) in [7, 11) is -3.54. The van der Waals surface area contributed by atoms with Crippen LogP contribution >= 0.6 is 7.36 Å². The summed E-state index contributed by atoms with van der Waals surface area (Å²) in [6, 6.07) is 7.48. The number of benzene rings is 1. The number of nitrogens with two attached hydrogens (primary N) is 1. The summed E-state index contributed by atoms with van der Waals surface area (Å²) < 4.78 is 51.8. The molecule has 6 rings (SSSR count). The number of anilines is 1. The van der Waals surface area contributed by atoms with Crippen LogP contribution in [0, 0.1) is 6.92 Å². The Hall–Kier alpha value is -2.07. The minimum Gasteiger partial charge on any atom is -0.381 e. The molecule has 1 saturated carbocycles. The second-order valence-corrected chi connectivity index (χ2v) is 15.5. The lowest BCUT2D eigenvalue weighted by molar-refractivity contribution is -0.123. The summed E-state index contributed by atoms with van der Waals surface area (Å²) in [5.74, 6) is 0.495. The zero-order chi connectivity index (χ0) is 25.3. The first-order valence-electron chi connectivity index (χ1n) is 12.4. The Balaban J connectivity index is 1.40. The maximum Gasteiger partial charge on any atom is 0.321 e. The molecular weight excluding hydrogens is 507 g/mol. The molecule has 4 heterocycles. The highest BCUT2D eigenvalue weighted by Gasteiger charge is 2.51. The van der Waals surface area contributed by atoms with E-state index in [-0.39, 0.29) is 35.4 Å². The van der Waals surface area contributed by atoms with Gasteiger partial charge in [-0.1, -0.05) is 18.2 Å². The van der Waals surface area contributed by atoms with Gasteiger partial charge in [-0.05, 0) is 45.1 Å². The van der Waals surface area contributed by atoms with Gasteiger partial charge in [0.25, 0.3) is 0 Å². The summed E-state index contributed by atoms with van der Waals surface area (Å²) in [4.78, 5) is 15.6. The molecular formula is C24H30F2N5O3PS. The number of carbonyl (C=O) groups excluding carboxylic acids is 1. The number of fused-ring (bicyclic) bond motifs is 1. The largest absolute Gasteiger partial charge is 0.381 e. The Kier molecular flexibility index (Phi) is 5.72. The lowest BCUT2D eigenvalue weighted by atomic mass is 10.1. The van der Waals surface area contributed by atoms with E-state index in [1.54, 1.807) is 18.2 Å². The molecule has 194 valence electrons. The molecule has 0 radical (unpaired) electrons. The summed E-state index contributed by atoms with van der Waals surface area (Å²) in [6.45, 7) is 3.38. The number of nitrogens with one attached hydrogen (secondary N) is 1. The molecule has 1 aliphatic carbocycles. The average Bonchev–Trinajstić information content (AvgIpc) is 3.19. The maximum absolute atomic E-state index is 15.0. The van der Waals surface area contributed by atoms with E-state index in [0.29, 0.717) is 26.1 Å². The summed E-state index contributed by atoms with van der Waals surface area (Å²) in [6.07, 6.45) is 3.19. The fourth-order valence-electron chi connectivity index (χ4n) is 5.53. The third kappa shape index (κ3) is 4.04. The second-order valence-electron chi connectivity index (χ2n) is 10.3. The van der Waals surface area contributed by atoms with Gasteiger partial charge in [-0.2, -0.15) is 13.9 Å². The predicted molar refractivity (Wildman–Crippen MR) is 134 cm³/mol. The minimum absolute atomic E-state index is 0.109. The molecule has 1 amide bonds. The van der Waals surface area contributed by atoms with Crippen molar-refractivity contribution >= 4 is 28.2 Å². The zero-order valence-electron chi connectivity index (χ0n) is 20.0. The van der Waals surface area contributed by atoms with Crippen LogP contribution in [0.15, 0.2) is 35.2 Å². The number of rotatable bonds is 5. The number of nitrogens with zero attached hydrogens (tertiary/aromatic N) is 3. The van der Waals surface area contributed by atoms with Crippen LogP contribution in [0.3, 0.4) is 0 Å². The number of hydrogen-bond acceptors (Lipinski definition) is 6. The van der Waals surface area contributed by atoms with Crippen LogP contribution in [-0.2, 0) is 24.3 Å². The number of alkyl halides is 2. The highest BCUT2D eigenvalue weighted by Crippen LogP contribution is 2.55. The first-order valence-corrected chi connectivity index (χ1v) is 15.5. The molecule has 2 aromatic rings. The molecule has 0 bridgehead atoms. The second kappa shape index (κ2) is 8.48. The van der Waals surface area contributed by atoms with Crippen molar-refractivity contribution in [3.8, 4) is 0 Å². The molecule has 3 aliphatic heterocycles. The average molecular weight is 538 g/mol. The highest BCUT2D eigenvalue weighted by molar-refractivity contribution is 8.26. The van der Waals surface area contributed by atoms with Crippen LogP contribution in [0.4, 0.5) is 14.6 Å². The van der Waals surface area contributed by atoms with Crippen molar-refractivity contribution in [2.24, 2.45) is 5.73 Å². The molecule has 12 heteroatoms. The Morgan fingerprint density at radius 1 is 1.28 bits per heavy atom. The van der Waals surface area contributed by atoms with E-state index in [1.807, 2.05) is 22.6 Å². The van der Waals surface area contributed by atoms with Gasteiger partial charge in [0, 0.05) is 52.8 Å².